The van der Waals surface area contributed by atoms with Gasteiger partial charge in [0.2, 0.25) is 0 Å². The summed E-state index contributed by atoms with van der Waals surface area (Å²) in [7, 11) is 1.77. The third-order valence-corrected chi connectivity index (χ3v) is 3.86. The van der Waals surface area contributed by atoms with Gasteiger partial charge >= 0.3 is 0 Å². The molecule has 0 saturated carbocycles. The molecule has 0 bridgehead atoms. The molecule has 106 valence electrons. The maximum absolute atomic E-state index is 6.03. The van der Waals surface area contributed by atoms with Crippen LogP contribution < -0.4 is 11.1 Å². The maximum atomic E-state index is 6.03. The van der Waals surface area contributed by atoms with E-state index in [9.17, 15) is 0 Å². The summed E-state index contributed by atoms with van der Waals surface area (Å²) in [6.45, 7) is 4.37. The zero-order chi connectivity index (χ0) is 13.7. The van der Waals surface area contributed by atoms with Gasteiger partial charge in [-0.05, 0) is 12.6 Å². The third-order valence-electron chi connectivity index (χ3n) is 3.86. The van der Waals surface area contributed by atoms with Crippen molar-refractivity contribution in [3.05, 3.63) is 23.9 Å². The standard InChI is InChI=1S/C14H23N3O2/c1-3-16-12(11-5-4-8-17-13(11)15)14(18-2)6-9-19-10-7-14/h4-5,8,12,16H,3,6-7,9-10H2,1-2H3,(H2,15,17). The van der Waals surface area contributed by atoms with E-state index in [1.807, 2.05) is 12.1 Å². The number of nitrogens with zero attached hydrogens (tertiary/aromatic N) is 1. The predicted molar refractivity (Wildman–Crippen MR) is 74.9 cm³/mol. The highest BCUT2D eigenvalue weighted by Crippen LogP contribution is 2.38. The third kappa shape index (κ3) is 2.88. The van der Waals surface area contributed by atoms with Crippen LogP contribution in [0.2, 0.25) is 0 Å². The fourth-order valence-electron chi connectivity index (χ4n) is 2.79. The van der Waals surface area contributed by atoms with E-state index in [4.69, 9.17) is 15.2 Å². The van der Waals surface area contributed by atoms with Crippen LogP contribution in [0.15, 0.2) is 18.3 Å². The summed E-state index contributed by atoms with van der Waals surface area (Å²) in [5.41, 5.74) is 6.77. The summed E-state index contributed by atoms with van der Waals surface area (Å²) in [6.07, 6.45) is 3.43. The second-order valence-electron chi connectivity index (χ2n) is 4.85. The Kier molecular flexibility index (Phi) is 4.74. The van der Waals surface area contributed by atoms with Gasteiger partial charge in [-0.1, -0.05) is 13.0 Å². The monoisotopic (exact) mass is 265 g/mol. The number of aromatic nitrogens is 1. The first kappa shape index (κ1) is 14.2. The van der Waals surface area contributed by atoms with E-state index >= 15 is 0 Å². The van der Waals surface area contributed by atoms with Gasteiger partial charge in [0.1, 0.15) is 5.82 Å². The molecule has 0 radical (unpaired) electrons. The molecule has 0 spiro atoms. The fraction of sp³-hybridized carbons (Fsp3) is 0.643. The molecule has 1 aromatic rings. The van der Waals surface area contributed by atoms with Crippen LogP contribution in [0.3, 0.4) is 0 Å². The lowest BCUT2D eigenvalue weighted by atomic mass is 9.82. The summed E-state index contributed by atoms with van der Waals surface area (Å²) < 4.78 is 11.3. The molecule has 1 aromatic heterocycles. The predicted octanol–water partition coefficient (Wildman–Crippen LogP) is 1.51. The van der Waals surface area contributed by atoms with E-state index in [1.165, 1.54) is 0 Å². The number of anilines is 1. The normalized spacial score (nSPS) is 20.1. The summed E-state index contributed by atoms with van der Waals surface area (Å²) in [4.78, 5) is 4.19. The molecule has 1 saturated heterocycles. The van der Waals surface area contributed by atoms with Crippen molar-refractivity contribution in [2.45, 2.75) is 31.4 Å². The largest absolute Gasteiger partial charge is 0.383 e. The van der Waals surface area contributed by atoms with Crippen LogP contribution in [0.5, 0.6) is 0 Å². The second kappa shape index (κ2) is 6.32. The Balaban J connectivity index is 2.35. The van der Waals surface area contributed by atoms with Gasteiger partial charge in [-0.3, -0.25) is 0 Å². The van der Waals surface area contributed by atoms with E-state index in [0.29, 0.717) is 5.82 Å². The zero-order valence-corrected chi connectivity index (χ0v) is 11.7. The van der Waals surface area contributed by atoms with Gasteiger partial charge in [-0.2, -0.15) is 0 Å². The summed E-state index contributed by atoms with van der Waals surface area (Å²) in [5, 5.41) is 3.50. The number of rotatable bonds is 5. The summed E-state index contributed by atoms with van der Waals surface area (Å²) in [5.74, 6) is 0.566. The lowest BCUT2D eigenvalue weighted by Crippen LogP contribution is -2.49. The van der Waals surface area contributed by atoms with Crippen LogP contribution in [0.25, 0.3) is 0 Å². The minimum atomic E-state index is -0.272. The number of ether oxygens (including phenoxy) is 2. The minimum Gasteiger partial charge on any atom is -0.383 e. The quantitative estimate of drug-likeness (QED) is 0.844. The lowest BCUT2D eigenvalue weighted by molar-refractivity contribution is -0.111. The lowest BCUT2D eigenvalue weighted by Gasteiger charge is -2.43. The molecule has 0 aromatic carbocycles. The fourth-order valence-corrected chi connectivity index (χ4v) is 2.79. The molecule has 2 rings (SSSR count). The average Bonchev–Trinajstić information content (AvgIpc) is 2.46. The maximum Gasteiger partial charge on any atom is 0.128 e. The molecule has 19 heavy (non-hydrogen) atoms. The Hall–Kier alpha value is -1.17. The summed E-state index contributed by atoms with van der Waals surface area (Å²) in [6, 6.07) is 3.98. The molecular weight excluding hydrogens is 242 g/mol. The van der Waals surface area contributed by atoms with Gasteiger partial charge < -0.3 is 20.5 Å². The van der Waals surface area contributed by atoms with E-state index in [-0.39, 0.29) is 11.6 Å². The van der Waals surface area contributed by atoms with Crippen LogP contribution >= 0.6 is 0 Å². The van der Waals surface area contributed by atoms with Crippen LogP contribution in [-0.4, -0.2) is 37.5 Å². The number of likely N-dealkylation sites (N-methyl/N-ethyl adjacent to an activating group) is 1. The SMILES string of the molecule is CCNC(c1cccnc1N)C1(OC)CCOCC1. The molecular formula is C14H23N3O2. The van der Waals surface area contributed by atoms with Gasteiger partial charge in [0.05, 0.1) is 11.6 Å². The molecule has 1 atom stereocenters. The molecule has 1 aliphatic heterocycles. The van der Waals surface area contributed by atoms with Crippen LogP contribution in [0.1, 0.15) is 31.4 Å². The Morgan fingerprint density at radius 2 is 2.26 bits per heavy atom. The number of methoxy groups -OCH3 is 1. The molecule has 1 aliphatic rings. The van der Waals surface area contributed by atoms with Crippen molar-refractivity contribution in [1.82, 2.24) is 10.3 Å². The van der Waals surface area contributed by atoms with Crippen molar-refractivity contribution in [3.63, 3.8) is 0 Å². The van der Waals surface area contributed by atoms with Crippen molar-refractivity contribution in [2.24, 2.45) is 0 Å². The zero-order valence-electron chi connectivity index (χ0n) is 11.7. The van der Waals surface area contributed by atoms with Gasteiger partial charge in [0, 0.05) is 44.9 Å². The molecule has 5 nitrogen and oxygen atoms in total. The Morgan fingerprint density at radius 1 is 1.53 bits per heavy atom. The van der Waals surface area contributed by atoms with Gasteiger partial charge in [-0.15, -0.1) is 0 Å². The molecule has 5 heteroatoms. The van der Waals surface area contributed by atoms with E-state index in [0.717, 1.165) is 38.2 Å². The number of nitrogens with one attached hydrogen (secondary N) is 1. The van der Waals surface area contributed by atoms with Crippen LogP contribution in [-0.2, 0) is 9.47 Å². The molecule has 1 unspecified atom stereocenters. The first-order valence-electron chi connectivity index (χ1n) is 6.80. The Morgan fingerprint density at radius 3 is 2.84 bits per heavy atom. The first-order chi connectivity index (χ1) is 9.23. The Bertz CT molecular complexity index is 405. The van der Waals surface area contributed by atoms with Gasteiger partial charge in [0.15, 0.2) is 0 Å². The molecule has 0 aliphatic carbocycles. The van der Waals surface area contributed by atoms with Crippen molar-refractivity contribution in [3.8, 4) is 0 Å². The minimum absolute atomic E-state index is 0.0418. The van der Waals surface area contributed by atoms with Gasteiger partial charge in [-0.25, -0.2) is 4.98 Å². The highest BCUT2D eigenvalue weighted by atomic mass is 16.5. The highest BCUT2D eigenvalue weighted by molar-refractivity contribution is 5.42. The first-order valence-corrected chi connectivity index (χ1v) is 6.80. The average molecular weight is 265 g/mol. The number of pyridine rings is 1. The second-order valence-corrected chi connectivity index (χ2v) is 4.85. The molecule has 1 fully saturated rings. The smallest absolute Gasteiger partial charge is 0.128 e. The highest BCUT2D eigenvalue weighted by Gasteiger charge is 2.42. The molecule has 0 amide bonds. The van der Waals surface area contributed by atoms with Crippen LogP contribution in [0, 0.1) is 0 Å². The van der Waals surface area contributed by atoms with Crippen molar-refractivity contribution in [2.75, 3.05) is 32.6 Å². The van der Waals surface area contributed by atoms with Crippen LogP contribution in [0.4, 0.5) is 5.82 Å². The number of hydrogen-bond donors (Lipinski definition) is 2. The molecule has 3 N–H and O–H groups in total. The topological polar surface area (TPSA) is 69.4 Å². The van der Waals surface area contributed by atoms with E-state index in [1.54, 1.807) is 13.3 Å². The van der Waals surface area contributed by atoms with E-state index in [2.05, 4.69) is 17.2 Å². The number of nitrogen functional groups attached to an aromatic ring is 1. The number of nitrogens with two attached hydrogens (primary N) is 1. The van der Waals surface area contributed by atoms with Crippen molar-refractivity contribution in [1.29, 1.82) is 0 Å². The molecule has 2 heterocycles. The Labute approximate surface area is 114 Å². The van der Waals surface area contributed by atoms with Crippen molar-refractivity contribution < 1.29 is 9.47 Å². The van der Waals surface area contributed by atoms with Gasteiger partial charge in [0.25, 0.3) is 0 Å². The van der Waals surface area contributed by atoms with E-state index < -0.39 is 0 Å². The van der Waals surface area contributed by atoms with Crippen molar-refractivity contribution >= 4 is 5.82 Å². The summed E-state index contributed by atoms with van der Waals surface area (Å²) >= 11 is 0. The number of hydrogen-bond acceptors (Lipinski definition) is 5.